The molecule has 0 unspecified atom stereocenters. The molecule has 0 fully saturated rings. The Labute approximate surface area is 328 Å². The molecule has 0 N–H and O–H groups in total. The van der Waals surface area contributed by atoms with Crippen molar-refractivity contribution < 1.29 is 31.7 Å². The zero-order valence-electron chi connectivity index (χ0n) is 32.2. The molecule has 0 spiro atoms. The van der Waals surface area contributed by atoms with Gasteiger partial charge in [-0.3, -0.25) is 4.39 Å². The van der Waals surface area contributed by atoms with Crippen LogP contribution in [0.25, 0.3) is 44.6 Å². The molecule has 7 heteroatoms. The van der Waals surface area contributed by atoms with Crippen LogP contribution in [0.5, 0.6) is 0 Å². The molecule has 8 rings (SSSR count). The fourth-order valence-corrected chi connectivity index (χ4v) is 7.08. The van der Waals surface area contributed by atoms with E-state index in [1.165, 1.54) is 22.9 Å². The van der Waals surface area contributed by atoms with Gasteiger partial charge in [0, 0.05) is 46.5 Å². The summed E-state index contributed by atoms with van der Waals surface area (Å²) in [5.74, 6) is -0.271. The van der Waals surface area contributed by atoms with Crippen LogP contribution < -0.4 is 5.19 Å². The monoisotopic (exact) mass is 892 g/mol. The maximum absolute atomic E-state index is 12.8. The summed E-state index contributed by atoms with van der Waals surface area (Å²) in [5.41, 5.74) is 8.08. The summed E-state index contributed by atoms with van der Waals surface area (Å²) in [7, 11) is -1.30. The Hall–Kier alpha value is -5.07. The minimum atomic E-state index is -1.67. The second-order valence-electron chi connectivity index (χ2n) is 14.3. The summed E-state index contributed by atoms with van der Waals surface area (Å²) in [5, 5.41) is 2.20. The van der Waals surface area contributed by atoms with E-state index in [2.05, 4.69) is 73.8 Å². The van der Waals surface area contributed by atoms with Gasteiger partial charge in [-0.15, -0.1) is 48.0 Å². The van der Waals surface area contributed by atoms with Crippen LogP contribution in [0.1, 0.15) is 39.0 Å². The van der Waals surface area contributed by atoms with Gasteiger partial charge >= 0.3 is 0 Å². The molecule has 4 nitrogen and oxygen atoms in total. The number of fused-ring (bicyclic) bond motifs is 3. The summed E-state index contributed by atoms with van der Waals surface area (Å²) in [6, 6.07) is 45.6. The molecule has 1 radical (unpaired) electrons. The number of hydrogen-bond donors (Lipinski definition) is 0. The van der Waals surface area contributed by atoms with Gasteiger partial charge in [-0.05, 0) is 63.2 Å². The first-order chi connectivity index (χ1) is 25.8. The minimum absolute atomic E-state index is 0. The van der Waals surface area contributed by atoms with Crippen molar-refractivity contribution in [1.82, 2.24) is 15.0 Å². The molecule has 0 aliphatic heterocycles. The van der Waals surface area contributed by atoms with Crippen LogP contribution in [0, 0.1) is 17.9 Å². The molecule has 0 atom stereocenters. The maximum atomic E-state index is 12.8. The zero-order valence-corrected chi connectivity index (χ0v) is 33.6. The second-order valence-corrected chi connectivity index (χ2v) is 19.3. The molecule has 0 amide bonds. The van der Waals surface area contributed by atoms with E-state index in [0.717, 1.165) is 27.9 Å². The van der Waals surface area contributed by atoms with E-state index < -0.39 is 14.4 Å². The smallest absolute Gasteiger partial charge is 0.139 e. The van der Waals surface area contributed by atoms with Crippen LogP contribution in [0.3, 0.4) is 0 Å². The standard InChI is InChI=1S/C32H25N2O.C14H15FNSi.Ir/c1-32(2,24-12-7-4-8-13-24)29-17-16-28-30(34-29)26-15-9-14-25(31(26)35-28)27-21-23(18-19-33-27)20-22-10-5-3-6-11-22;1-17(2,3)13-8-9-14(16-10-13)11-4-6-12(15)7-5-11;/h3-13,15-19,21H,20H2,1-2H3;4,6-10H,1-3H3;/q2*-1;/i20D2;;. The van der Waals surface area contributed by atoms with Gasteiger partial charge in [0.05, 0.1) is 24.9 Å². The molecule has 0 saturated carbocycles. The van der Waals surface area contributed by atoms with Gasteiger partial charge in [0.2, 0.25) is 0 Å². The number of benzene rings is 4. The number of furan rings is 1. The van der Waals surface area contributed by atoms with Crippen molar-refractivity contribution in [3.63, 3.8) is 0 Å². The quantitative estimate of drug-likeness (QED) is 0.118. The molecule has 0 aliphatic rings. The van der Waals surface area contributed by atoms with Crippen LogP contribution in [0.4, 0.5) is 4.39 Å². The fraction of sp³-hybridized carbons (Fsp3) is 0.152. The number of aromatic nitrogens is 3. The Morgan fingerprint density at radius 1 is 0.792 bits per heavy atom. The van der Waals surface area contributed by atoms with E-state index in [4.69, 9.17) is 12.1 Å². The normalized spacial score (nSPS) is 12.3. The molecule has 53 heavy (non-hydrogen) atoms. The van der Waals surface area contributed by atoms with Crippen LogP contribution in [-0.2, 0) is 31.9 Å². The SMILES string of the molecule is C[Si](C)(C)c1ccc(-c2[c-]cc(F)cc2)nc1.[2H]C([2H])(c1ccccc1)c1ccnc(-c2[c-]ccc3c2oc2ccc(C(C)(C)c4ccccc4)nc23)c1.[Ir]. The second kappa shape index (κ2) is 15.9. The van der Waals surface area contributed by atoms with Crippen molar-refractivity contribution in [1.29, 1.82) is 0 Å². The van der Waals surface area contributed by atoms with Gasteiger partial charge in [-0.2, -0.15) is 0 Å². The third-order valence-corrected chi connectivity index (χ3v) is 11.2. The van der Waals surface area contributed by atoms with E-state index in [1.54, 1.807) is 36.5 Å². The molecular formula is C46H40FIrN3OSi-2. The average Bonchev–Trinajstić information content (AvgIpc) is 3.57. The van der Waals surface area contributed by atoms with E-state index >= 15 is 0 Å². The molecule has 0 aliphatic carbocycles. The summed E-state index contributed by atoms with van der Waals surface area (Å²) in [4.78, 5) is 14.0. The maximum Gasteiger partial charge on any atom is 0.139 e. The summed E-state index contributed by atoms with van der Waals surface area (Å²) >= 11 is 0. The number of nitrogens with zero attached hydrogens (tertiary/aromatic N) is 3. The van der Waals surface area contributed by atoms with E-state index in [9.17, 15) is 4.39 Å². The Morgan fingerprint density at radius 3 is 2.23 bits per heavy atom. The van der Waals surface area contributed by atoms with Crippen LogP contribution in [-0.4, -0.2) is 23.0 Å². The topological polar surface area (TPSA) is 51.8 Å². The number of hydrogen-bond acceptors (Lipinski definition) is 4. The molecule has 267 valence electrons. The van der Waals surface area contributed by atoms with Gasteiger partial charge in [0.25, 0.3) is 0 Å². The first kappa shape index (κ1) is 35.0. The van der Waals surface area contributed by atoms with Crippen LogP contribution in [0.2, 0.25) is 19.6 Å². The Kier molecular flexibility index (Phi) is 10.5. The third-order valence-electron chi connectivity index (χ3n) is 9.17. The van der Waals surface area contributed by atoms with Crippen molar-refractivity contribution in [3.8, 4) is 22.5 Å². The Morgan fingerprint density at radius 2 is 1.55 bits per heavy atom. The molecule has 8 aromatic rings. The fourth-order valence-electron chi connectivity index (χ4n) is 6.04. The summed E-state index contributed by atoms with van der Waals surface area (Å²) in [6.45, 7) is 11.2. The summed E-state index contributed by atoms with van der Waals surface area (Å²) < 4.78 is 36.6. The van der Waals surface area contributed by atoms with Gasteiger partial charge in [-0.1, -0.05) is 118 Å². The van der Waals surface area contributed by atoms with Gasteiger partial charge < -0.3 is 14.4 Å². The van der Waals surface area contributed by atoms with E-state index in [-0.39, 0.29) is 31.3 Å². The zero-order chi connectivity index (χ0) is 38.1. The van der Waals surface area contributed by atoms with Crippen LogP contribution >= 0.6 is 0 Å². The molecule has 0 bridgehead atoms. The molecule has 0 saturated heterocycles. The van der Waals surface area contributed by atoms with Crippen molar-refractivity contribution in [2.75, 3.05) is 0 Å². The average molecular weight is 892 g/mol. The number of rotatable bonds is 7. The van der Waals surface area contributed by atoms with Gasteiger partial charge in [-0.25, -0.2) is 4.98 Å². The van der Waals surface area contributed by atoms with Crippen LogP contribution in [0.15, 0.2) is 144 Å². The Balaban J connectivity index is 0.000000241. The molecule has 4 heterocycles. The van der Waals surface area contributed by atoms with Gasteiger partial charge in [0.15, 0.2) is 0 Å². The number of pyridine rings is 3. The van der Waals surface area contributed by atoms with Crippen molar-refractivity contribution in [2.45, 2.75) is 45.3 Å². The van der Waals surface area contributed by atoms with Crippen molar-refractivity contribution in [2.24, 2.45) is 0 Å². The predicted octanol–water partition coefficient (Wildman–Crippen LogP) is 11.0. The molecule has 4 aromatic carbocycles. The largest absolute Gasteiger partial charge is 0.499 e. The van der Waals surface area contributed by atoms with Crippen molar-refractivity contribution >= 4 is 35.3 Å². The molecular weight excluding hydrogens is 850 g/mol. The first-order valence-electron chi connectivity index (χ1n) is 18.3. The molecule has 4 aromatic heterocycles. The summed E-state index contributed by atoms with van der Waals surface area (Å²) in [6.07, 6.45) is 1.90. The van der Waals surface area contributed by atoms with Crippen molar-refractivity contribution in [3.05, 3.63) is 180 Å². The minimum Gasteiger partial charge on any atom is -0.499 e. The Bertz CT molecular complexity index is 2540. The van der Waals surface area contributed by atoms with E-state index in [1.807, 2.05) is 72.9 Å². The third kappa shape index (κ3) is 8.44. The number of halogens is 1. The predicted molar refractivity (Wildman–Crippen MR) is 213 cm³/mol. The van der Waals surface area contributed by atoms with E-state index in [0.29, 0.717) is 33.6 Å². The van der Waals surface area contributed by atoms with Gasteiger partial charge in [0.1, 0.15) is 5.58 Å². The first-order valence-corrected chi connectivity index (χ1v) is 20.8.